The molecule has 0 bridgehead atoms. The molecule has 1 atom stereocenters. The molecule has 1 aliphatic heterocycles. The maximum atomic E-state index is 12.3. The fraction of sp³-hybridized carbons (Fsp3) is 0.424. The summed E-state index contributed by atoms with van der Waals surface area (Å²) < 4.78 is 0. The Morgan fingerprint density at radius 3 is 2.41 bits per heavy atom. The van der Waals surface area contributed by atoms with Crippen LogP contribution in [-0.4, -0.2) is 67.2 Å². The third kappa shape index (κ3) is 8.49. The van der Waals surface area contributed by atoms with Crippen molar-refractivity contribution >= 4 is 23.4 Å². The minimum Gasteiger partial charge on any atom is -0.397 e. The first-order valence-corrected chi connectivity index (χ1v) is 13.9. The van der Waals surface area contributed by atoms with Gasteiger partial charge in [0.05, 0.1) is 17.6 Å². The van der Waals surface area contributed by atoms with Gasteiger partial charge in [-0.2, -0.15) is 0 Å². The highest BCUT2D eigenvalue weighted by Crippen LogP contribution is 2.33. The van der Waals surface area contributed by atoms with Crippen molar-refractivity contribution in [2.24, 2.45) is 4.99 Å². The van der Waals surface area contributed by atoms with Crippen molar-refractivity contribution < 1.29 is 4.79 Å². The van der Waals surface area contributed by atoms with Crippen molar-refractivity contribution in [2.45, 2.75) is 59.4 Å². The summed E-state index contributed by atoms with van der Waals surface area (Å²) in [6.45, 7) is 17.0. The van der Waals surface area contributed by atoms with Gasteiger partial charge < -0.3 is 10.6 Å². The minimum absolute atomic E-state index is 0.0503. The zero-order chi connectivity index (χ0) is 29.1. The first kappa shape index (κ1) is 31.7. The number of hydrogen-bond donors (Lipinski definition) is 1. The Morgan fingerprint density at radius 2 is 1.87 bits per heavy atom. The summed E-state index contributed by atoms with van der Waals surface area (Å²) in [4.78, 5) is 25.1. The van der Waals surface area contributed by atoms with Crippen molar-refractivity contribution in [2.75, 3.05) is 40.0 Å². The first-order chi connectivity index (χ1) is 18.6. The SMILES string of the molecule is C=C(/C=C(\C)C(C)N1CCC(c2ccc(C(=O)N(C)C)cc2C)CC1)/C(=C\C=NC)c1ccc(N)cn1.CC. The molecule has 1 aromatic heterocycles. The average Bonchev–Trinajstić information content (AvgIpc) is 2.94. The molecule has 1 amide bonds. The van der Waals surface area contributed by atoms with Crippen LogP contribution in [0.15, 0.2) is 71.4 Å². The summed E-state index contributed by atoms with van der Waals surface area (Å²) in [7, 11) is 5.33. The third-order valence-electron chi connectivity index (χ3n) is 7.30. The number of benzene rings is 1. The second-order valence-corrected chi connectivity index (χ2v) is 10.1. The smallest absolute Gasteiger partial charge is 0.253 e. The number of hydrogen-bond acceptors (Lipinski definition) is 5. The topological polar surface area (TPSA) is 74.8 Å². The van der Waals surface area contributed by atoms with Crippen LogP contribution in [-0.2, 0) is 0 Å². The number of rotatable bonds is 8. The number of nitrogens with zero attached hydrogens (tertiary/aromatic N) is 4. The average molecular weight is 530 g/mol. The van der Waals surface area contributed by atoms with E-state index in [0.29, 0.717) is 17.6 Å². The summed E-state index contributed by atoms with van der Waals surface area (Å²) in [5.74, 6) is 0.569. The molecule has 39 heavy (non-hydrogen) atoms. The number of aromatic nitrogens is 1. The molecule has 6 heteroatoms. The van der Waals surface area contributed by atoms with Gasteiger partial charge in [0.25, 0.3) is 5.91 Å². The van der Waals surface area contributed by atoms with Crippen LogP contribution in [0.2, 0.25) is 0 Å². The van der Waals surface area contributed by atoms with Gasteiger partial charge in [0, 0.05) is 44.5 Å². The second-order valence-electron chi connectivity index (χ2n) is 10.1. The lowest BCUT2D eigenvalue weighted by Gasteiger charge is -2.37. The van der Waals surface area contributed by atoms with Crippen LogP contribution in [0, 0.1) is 6.92 Å². The molecule has 0 radical (unpaired) electrons. The minimum atomic E-state index is 0.0503. The summed E-state index contributed by atoms with van der Waals surface area (Å²) in [6.07, 6.45) is 9.75. The van der Waals surface area contributed by atoms with E-state index in [1.54, 1.807) is 38.5 Å². The van der Waals surface area contributed by atoms with Gasteiger partial charge >= 0.3 is 0 Å². The molecular formula is C33H47N5O. The van der Waals surface area contributed by atoms with Crippen molar-refractivity contribution in [3.05, 3.63) is 88.8 Å². The number of amides is 1. The lowest BCUT2D eigenvalue weighted by molar-refractivity contribution is 0.0827. The largest absolute Gasteiger partial charge is 0.397 e. The van der Waals surface area contributed by atoms with Crippen LogP contribution in [0.4, 0.5) is 5.69 Å². The van der Waals surface area contributed by atoms with Crippen molar-refractivity contribution in [1.82, 2.24) is 14.8 Å². The van der Waals surface area contributed by atoms with E-state index in [4.69, 9.17) is 5.73 Å². The Morgan fingerprint density at radius 1 is 1.21 bits per heavy atom. The van der Waals surface area contributed by atoms with E-state index in [2.05, 4.69) is 54.4 Å². The summed E-state index contributed by atoms with van der Waals surface area (Å²) >= 11 is 0. The second kappa shape index (κ2) is 15.2. The molecule has 6 nitrogen and oxygen atoms in total. The van der Waals surface area contributed by atoms with Crippen LogP contribution >= 0.6 is 0 Å². The van der Waals surface area contributed by atoms with Crippen LogP contribution in [0.1, 0.15) is 73.6 Å². The van der Waals surface area contributed by atoms with Crippen molar-refractivity contribution in [3.63, 3.8) is 0 Å². The van der Waals surface area contributed by atoms with E-state index >= 15 is 0 Å². The van der Waals surface area contributed by atoms with Crippen molar-refractivity contribution in [3.8, 4) is 0 Å². The summed E-state index contributed by atoms with van der Waals surface area (Å²) in [5.41, 5.74) is 13.7. The van der Waals surface area contributed by atoms with E-state index in [1.807, 2.05) is 44.2 Å². The molecule has 2 N–H and O–H groups in total. The zero-order valence-electron chi connectivity index (χ0n) is 25.2. The summed E-state index contributed by atoms with van der Waals surface area (Å²) in [5, 5.41) is 0. The third-order valence-corrected chi connectivity index (χ3v) is 7.30. The van der Waals surface area contributed by atoms with Gasteiger partial charge in [-0.1, -0.05) is 38.1 Å². The number of aliphatic imine (C=N–C) groups is 1. The molecule has 1 fully saturated rings. The highest BCUT2D eigenvalue weighted by molar-refractivity contribution is 5.94. The van der Waals surface area contributed by atoms with Crippen molar-refractivity contribution in [1.29, 1.82) is 0 Å². The summed E-state index contributed by atoms with van der Waals surface area (Å²) in [6, 6.07) is 10.2. The van der Waals surface area contributed by atoms with Gasteiger partial charge in [-0.05, 0) is 99.7 Å². The lowest BCUT2D eigenvalue weighted by atomic mass is 9.85. The Hall–Kier alpha value is -3.51. The highest BCUT2D eigenvalue weighted by Gasteiger charge is 2.26. The maximum absolute atomic E-state index is 12.3. The molecule has 1 aliphatic rings. The standard InChI is InChI=1S/C31H41N5O.C2H6/c1-21(18-22(2)29(12-15-33-5)30-11-9-27(32)20-34-30)24(4)36-16-13-25(14-17-36)28-10-8-26(19-23(28)3)31(37)35(6)7;1-2/h8-12,15,18-20,24-25H,2,13-14,16-17,32H2,1,3-7H3;1-2H3/b21-18+,29-12+,33-15?;. The van der Waals surface area contributed by atoms with E-state index in [9.17, 15) is 4.79 Å². The fourth-order valence-electron chi connectivity index (χ4n) is 4.95. The first-order valence-electron chi connectivity index (χ1n) is 13.9. The van der Waals surface area contributed by atoms with Gasteiger partial charge in [0.2, 0.25) is 0 Å². The molecule has 1 saturated heterocycles. The Kier molecular flexibility index (Phi) is 12.3. The van der Waals surface area contributed by atoms with Gasteiger partial charge in [0.15, 0.2) is 0 Å². The number of allylic oxidation sites excluding steroid dienone is 4. The van der Waals surface area contributed by atoms with Gasteiger partial charge in [-0.25, -0.2) is 0 Å². The monoisotopic (exact) mass is 529 g/mol. The van der Waals surface area contributed by atoms with Gasteiger partial charge in [0.1, 0.15) is 0 Å². The molecular weight excluding hydrogens is 482 g/mol. The number of pyridine rings is 1. The van der Waals surface area contributed by atoms with E-state index < -0.39 is 0 Å². The Balaban J connectivity index is 0.00000260. The van der Waals surface area contributed by atoms with Crippen LogP contribution < -0.4 is 5.73 Å². The normalized spacial score (nSPS) is 16.0. The molecule has 3 rings (SSSR count). The number of piperidine rings is 1. The fourth-order valence-corrected chi connectivity index (χ4v) is 4.95. The molecule has 0 saturated carbocycles. The number of carbonyl (C=O) groups is 1. The molecule has 210 valence electrons. The maximum Gasteiger partial charge on any atom is 0.253 e. The quantitative estimate of drug-likeness (QED) is 0.311. The van der Waals surface area contributed by atoms with Crippen LogP contribution in [0.3, 0.4) is 0 Å². The molecule has 2 aromatic rings. The Bertz CT molecular complexity index is 1200. The van der Waals surface area contributed by atoms with Gasteiger partial charge in [-0.15, -0.1) is 0 Å². The molecule has 1 aromatic carbocycles. The number of aryl methyl sites for hydroxylation is 1. The van der Waals surface area contributed by atoms with Crippen LogP contribution in [0.25, 0.3) is 5.57 Å². The highest BCUT2D eigenvalue weighted by atomic mass is 16.2. The van der Waals surface area contributed by atoms with Crippen LogP contribution in [0.5, 0.6) is 0 Å². The number of nitrogens with two attached hydrogens (primary N) is 1. The predicted molar refractivity (Wildman–Crippen MR) is 167 cm³/mol. The zero-order valence-corrected chi connectivity index (χ0v) is 25.2. The lowest BCUT2D eigenvalue weighted by Crippen LogP contribution is -2.40. The molecule has 0 spiro atoms. The number of likely N-dealkylation sites (tertiary alicyclic amines) is 1. The van der Waals surface area contributed by atoms with Gasteiger partial charge in [-0.3, -0.25) is 19.7 Å². The molecule has 1 unspecified atom stereocenters. The van der Waals surface area contributed by atoms with E-state index in [-0.39, 0.29) is 5.91 Å². The molecule has 2 heterocycles. The van der Waals surface area contributed by atoms with E-state index in [1.165, 1.54) is 16.7 Å². The molecule has 0 aliphatic carbocycles. The Labute approximate surface area is 236 Å². The van der Waals surface area contributed by atoms with E-state index in [0.717, 1.165) is 48.3 Å². The number of anilines is 1. The predicted octanol–water partition coefficient (Wildman–Crippen LogP) is 6.55. The number of nitrogen functional groups attached to an aromatic ring is 1. The number of carbonyl (C=O) groups excluding carboxylic acids is 1.